The van der Waals surface area contributed by atoms with E-state index in [9.17, 15) is 4.79 Å². The van der Waals surface area contributed by atoms with Gasteiger partial charge in [0, 0.05) is 62.3 Å². The maximum Gasteiger partial charge on any atom is 0.248 e. The Morgan fingerprint density at radius 3 is 2.65 bits per heavy atom. The van der Waals surface area contributed by atoms with Gasteiger partial charge in [-0.25, -0.2) is 0 Å². The van der Waals surface area contributed by atoms with Gasteiger partial charge in [0.15, 0.2) is 0 Å². The molecule has 0 N–H and O–H groups in total. The number of hydrogen-bond acceptors (Lipinski definition) is 5. The summed E-state index contributed by atoms with van der Waals surface area (Å²) in [4.78, 5) is 23.8. The number of hydrogen-bond donors (Lipinski definition) is 0. The van der Waals surface area contributed by atoms with E-state index < -0.39 is 0 Å². The standard InChI is InChI=1S/C20H32N4O2/c1-15(2)26-14-20(25)24-6-5-17(13-24)19-12-18(11-16(3)21-19)23-9-7-22(4)8-10-23/h11-12,15,17H,5-10,13-14H2,1-4H3/t17-/m1/s1. The number of carbonyl (C=O) groups excluding carboxylic acids is 1. The predicted octanol–water partition coefficient (Wildman–Crippen LogP) is 1.88. The molecule has 0 spiro atoms. The van der Waals surface area contributed by atoms with Gasteiger partial charge < -0.3 is 19.4 Å². The first-order valence-electron chi connectivity index (χ1n) is 9.74. The zero-order valence-corrected chi connectivity index (χ0v) is 16.6. The summed E-state index contributed by atoms with van der Waals surface area (Å²) >= 11 is 0. The van der Waals surface area contributed by atoms with Gasteiger partial charge in [0.2, 0.25) is 5.91 Å². The average Bonchev–Trinajstić information content (AvgIpc) is 3.10. The number of carbonyl (C=O) groups is 1. The predicted molar refractivity (Wildman–Crippen MR) is 104 cm³/mol. The van der Waals surface area contributed by atoms with Gasteiger partial charge in [-0.3, -0.25) is 9.78 Å². The highest BCUT2D eigenvalue weighted by Gasteiger charge is 2.29. The summed E-state index contributed by atoms with van der Waals surface area (Å²) in [6.07, 6.45) is 1.06. The molecule has 0 bridgehead atoms. The summed E-state index contributed by atoms with van der Waals surface area (Å²) in [5.74, 6) is 0.414. The van der Waals surface area contributed by atoms with E-state index in [2.05, 4.69) is 35.9 Å². The minimum atomic E-state index is 0.0851. The number of piperazine rings is 1. The number of ether oxygens (including phenoxy) is 1. The average molecular weight is 361 g/mol. The summed E-state index contributed by atoms with van der Waals surface area (Å²) in [5.41, 5.74) is 3.46. The van der Waals surface area contributed by atoms with Crippen LogP contribution in [0.25, 0.3) is 0 Å². The van der Waals surface area contributed by atoms with Crippen molar-refractivity contribution in [2.75, 3.05) is 57.8 Å². The summed E-state index contributed by atoms with van der Waals surface area (Å²) in [7, 11) is 2.17. The molecule has 2 saturated heterocycles. The molecule has 26 heavy (non-hydrogen) atoms. The van der Waals surface area contributed by atoms with Crippen LogP contribution in [0, 0.1) is 6.92 Å². The third kappa shape index (κ3) is 4.74. The van der Waals surface area contributed by atoms with Crippen LogP contribution in [-0.2, 0) is 9.53 Å². The SMILES string of the molecule is Cc1cc(N2CCN(C)CC2)cc([C@@H]2CCN(C(=O)COC(C)C)C2)n1. The van der Waals surface area contributed by atoms with Crippen LogP contribution in [0.5, 0.6) is 0 Å². The Morgan fingerprint density at radius 1 is 1.23 bits per heavy atom. The van der Waals surface area contributed by atoms with Crippen LogP contribution in [0.3, 0.4) is 0 Å². The molecule has 0 radical (unpaired) electrons. The Hall–Kier alpha value is -1.66. The molecule has 6 heteroatoms. The molecule has 3 rings (SSSR count). The van der Waals surface area contributed by atoms with Crippen LogP contribution in [0.15, 0.2) is 12.1 Å². The zero-order valence-electron chi connectivity index (χ0n) is 16.6. The third-order valence-corrected chi connectivity index (χ3v) is 5.33. The van der Waals surface area contributed by atoms with E-state index >= 15 is 0 Å². The number of rotatable bonds is 5. The number of nitrogens with zero attached hydrogens (tertiary/aromatic N) is 4. The highest BCUT2D eigenvalue weighted by molar-refractivity contribution is 5.77. The molecule has 0 aliphatic carbocycles. The molecule has 2 aliphatic rings. The second-order valence-corrected chi connectivity index (χ2v) is 7.87. The van der Waals surface area contributed by atoms with Crippen molar-refractivity contribution in [2.45, 2.75) is 39.2 Å². The molecule has 1 aromatic heterocycles. The van der Waals surface area contributed by atoms with Crippen LogP contribution < -0.4 is 4.90 Å². The van der Waals surface area contributed by atoms with Crippen molar-refractivity contribution in [3.63, 3.8) is 0 Å². The zero-order chi connectivity index (χ0) is 18.7. The summed E-state index contributed by atoms with van der Waals surface area (Å²) in [5, 5.41) is 0. The van der Waals surface area contributed by atoms with E-state index in [1.54, 1.807) is 0 Å². The number of amides is 1. The Balaban J connectivity index is 1.65. The fourth-order valence-corrected chi connectivity index (χ4v) is 3.69. The van der Waals surface area contributed by atoms with Gasteiger partial charge in [0.25, 0.3) is 0 Å². The highest BCUT2D eigenvalue weighted by atomic mass is 16.5. The van der Waals surface area contributed by atoms with Gasteiger partial charge in [-0.05, 0) is 46.4 Å². The quantitative estimate of drug-likeness (QED) is 0.802. The molecular weight excluding hydrogens is 328 g/mol. The molecular formula is C20H32N4O2. The van der Waals surface area contributed by atoms with Crippen molar-refractivity contribution >= 4 is 11.6 Å². The molecule has 1 atom stereocenters. The van der Waals surface area contributed by atoms with Crippen LogP contribution in [0.1, 0.15) is 37.6 Å². The van der Waals surface area contributed by atoms with E-state index in [-0.39, 0.29) is 18.6 Å². The Bertz CT molecular complexity index is 626. The maximum atomic E-state index is 12.3. The molecule has 0 aromatic carbocycles. The van der Waals surface area contributed by atoms with E-state index in [1.807, 2.05) is 18.7 Å². The first kappa shape index (κ1) is 19.1. The van der Waals surface area contributed by atoms with Crippen LogP contribution in [0.4, 0.5) is 5.69 Å². The first-order valence-corrected chi connectivity index (χ1v) is 9.74. The number of aryl methyl sites for hydroxylation is 1. The third-order valence-electron chi connectivity index (χ3n) is 5.33. The van der Waals surface area contributed by atoms with Crippen molar-refractivity contribution in [3.8, 4) is 0 Å². The fourth-order valence-electron chi connectivity index (χ4n) is 3.69. The van der Waals surface area contributed by atoms with E-state index in [0.717, 1.165) is 57.1 Å². The Labute approximate surface area is 157 Å². The second kappa shape index (κ2) is 8.35. The van der Waals surface area contributed by atoms with Gasteiger partial charge in [-0.15, -0.1) is 0 Å². The monoisotopic (exact) mass is 360 g/mol. The lowest BCUT2D eigenvalue weighted by atomic mass is 10.0. The second-order valence-electron chi connectivity index (χ2n) is 7.87. The van der Waals surface area contributed by atoms with Crippen molar-refractivity contribution in [2.24, 2.45) is 0 Å². The van der Waals surface area contributed by atoms with Gasteiger partial charge in [-0.2, -0.15) is 0 Å². The first-order chi connectivity index (χ1) is 12.4. The van der Waals surface area contributed by atoms with E-state index in [0.29, 0.717) is 5.92 Å². The molecule has 144 valence electrons. The number of likely N-dealkylation sites (tertiary alicyclic amines) is 1. The van der Waals surface area contributed by atoms with Gasteiger partial charge in [-0.1, -0.05) is 0 Å². The molecule has 1 amide bonds. The molecule has 2 aliphatic heterocycles. The summed E-state index contributed by atoms with van der Waals surface area (Å²) in [6.45, 7) is 12.0. The lowest BCUT2D eigenvalue weighted by Crippen LogP contribution is -2.44. The minimum Gasteiger partial charge on any atom is -0.369 e. The lowest BCUT2D eigenvalue weighted by molar-refractivity contribution is -0.136. The number of pyridine rings is 1. The summed E-state index contributed by atoms with van der Waals surface area (Å²) in [6, 6.07) is 4.42. The smallest absolute Gasteiger partial charge is 0.248 e. The van der Waals surface area contributed by atoms with Gasteiger partial charge in [0.1, 0.15) is 6.61 Å². The van der Waals surface area contributed by atoms with Crippen molar-refractivity contribution in [1.29, 1.82) is 0 Å². The van der Waals surface area contributed by atoms with Crippen molar-refractivity contribution < 1.29 is 9.53 Å². The maximum absolute atomic E-state index is 12.3. The van der Waals surface area contributed by atoms with E-state index in [4.69, 9.17) is 9.72 Å². The minimum absolute atomic E-state index is 0.0851. The fraction of sp³-hybridized carbons (Fsp3) is 0.700. The molecule has 1 aromatic rings. The summed E-state index contributed by atoms with van der Waals surface area (Å²) < 4.78 is 5.47. The van der Waals surface area contributed by atoms with Gasteiger partial charge in [0.05, 0.1) is 6.10 Å². The van der Waals surface area contributed by atoms with Gasteiger partial charge >= 0.3 is 0 Å². The molecule has 0 unspecified atom stereocenters. The normalized spacial score (nSPS) is 21.7. The largest absolute Gasteiger partial charge is 0.369 e. The topological polar surface area (TPSA) is 48.9 Å². The molecule has 6 nitrogen and oxygen atoms in total. The van der Waals surface area contributed by atoms with E-state index in [1.165, 1.54) is 5.69 Å². The highest BCUT2D eigenvalue weighted by Crippen LogP contribution is 2.29. The Morgan fingerprint density at radius 2 is 1.96 bits per heavy atom. The number of likely N-dealkylation sites (N-methyl/N-ethyl adjacent to an activating group) is 1. The molecule has 3 heterocycles. The van der Waals surface area contributed by atoms with Crippen molar-refractivity contribution in [1.82, 2.24) is 14.8 Å². The number of anilines is 1. The van der Waals surface area contributed by atoms with Crippen LogP contribution in [0.2, 0.25) is 0 Å². The molecule has 2 fully saturated rings. The lowest BCUT2D eigenvalue weighted by Gasteiger charge is -2.34. The van der Waals surface area contributed by atoms with Crippen LogP contribution >= 0.6 is 0 Å². The molecule has 0 saturated carbocycles. The van der Waals surface area contributed by atoms with Crippen molar-refractivity contribution in [3.05, 3.63) is 23.5 Å². The number of aromatic nitrogens is 1. The Kier molecular flexibility index (Phi) is 6.14. The van der Waals surface area contributed by atoms with Crippen LogP contribution in [-0.4, -0.2) is 79.7 Å².